The number of carbonyl (C=O) groups excluding carboxylic acids is 1. The molecule has 2 aromatic rings. The van der Waals surface area contributed by atoms with E-state index in [0.29, 0.717) is 24.2 Å². The number of sulfonamides is 1. The molecule has 0 saturated carbocycles. The predicted octanol–water partition coefficient (Wildman–Crippen LogP) is 2.87. The zero-order valence-electron chi connectivity index (χ0n) is 15.1. The average molecular weight is 412 g/mol. The number of halogens is 2. The second-order valence-electron chi connectivity index (χ2n) is 6.13. The minimum atomic E-state index is -3.37. The first kappa shape index (κ1) is 19.9. The van der Waals surface area contributed by atoms with E-state index in [0.717, 1.165) is 11.8 Å². The minimum Gasteiger partial charge on any atom is -0.493 e. The van der Waals surface area contributed by atoms with Crippen LogP contribution in [0.15, 0.2) is 36.4 Å². The minimum absolute atomic E-state index is 0.108. The maximum atomic E-state index is 12.5. The normalized spacial score (nSPS) is 13.4. The predicted molar refractivity (Wildman–Crippen MR) is 99.9 cm³/mol. The number of nitrogens with one attached hydrogen (secondary N) is 1. The van der Waals surface area contributed by atoms with Crippen molar-refractivity contribution >= 4 is 27.3 Å². The van der Waals surface area contributed by atoms with Crippen LogP contribution >= 0.6 is 0 Å². The summed E-state index contributed by atoms with van der Waals surface area (Å²) in [6.07, 6.45) is 1.63. The van der Waals surface area contributed by atoms with Crippen LogP contribution in [0.25, 0.3) is 0 Å². The van der Waals surface area contributed by atoms with Crippen LogP contribution in [0, 0.1) is 0 Å². The number of alkyl halides is 2. The Labute approximate surface area is 160 Å². The topological polar surface area (TPSA) is 84.9 Å². The van der Waals surface area contributed by atoms with Gasteiger partial charge in [-0.15, -0.1) is 0 Å². The molecule has 0 saturated heterocycles. The third kappa shape index (κ3) is 4.16. The molecule has 28 heavy (non-hydrogen) atoms. The molecule has 1 heterocycles. The Morgan fingerprint density at radius 2 is 1.93 bits per heavy atom. The Morgan fingerprint density at radius 1 is 1.18 bits per heavy atom. The number of hydrogen-bond donors (Lipinski definition) is 1. The molecule has 7 nitrogen and oxygen atoms in total. The van der Waals surface area contributed by atoms with E-state index in [1.165, 1.54) is 35.7 Å². The van der Waals surface area contributed by atoms with Crippen LogP contribution in [0.3, 0.4) is 0 Å². The van der Waals surface area contributed by atoms with Crippen molar-refractivity contribution in [3.8, 4) is 11.5 Å². The molecule has 0 spiro atoms. The molecule has 0 fully saturated rings. The zero-order chi connectivity index (χ0) is 20.5. The first-order valence-corrected chi connectivity index (χ1v) is 10.1. The molecule has 150 valence electrons. The molecule has 1 aliphatic rings. The lowest BCUT2D eigenvalue weighted by Crippen LogP contribution is -2.27. The van der Waals surface area contributed by atoms with Gasteiger partial charge >= 0.3 is 6.61 Å². The van der Waals surface area contributed by atoms with E-state index in [1.807, 2.05) is 0 Å². The van der Waals surface area contributed by atoms with E-state index in [4.69, 9.17) is 4.74 Å². The van der Waals surface area contributed by atoms with Gasteiger partial charge < -0.3 is 14.8 Å². The van der Waals surface area contributed by atoms with Gasteiger partial charge in [-0.3, -0.25) is 9.10 Å². The average Bonchev–Trinajstić information content (AvgIpc) is 3.05. The Bertz CT molecular complexity index is 1010. The first-order chi connectivity index (χ1) is 13.2. The number of amides is 1. The van der Waals surface area contributed by atoms with Crippen LogP contribution < -0.4 is 19.1 Å². The molecule has 3 rings (SSSR count). The van der Waals surface area contributed by atoms with Gasteiger partial charge in [0.05, 0.1) is 19.1 Å². The van der Waals surface area contributed by atoms with Gasteiger partial charge in [-0.2, -0.15) is 8.78 Å². The van der Waals surface area contributed by atoms with E-state index in [9.17, 15) is 22.0 Å². The van der Waals surface area contributed by atoms with Crippen LogP contribution in [-0.4, -0.2) is 40.8 Å². The van der Waals surface area contributed by atoms with Crippen molar-refractivity contribution in [1.29, 1.82) is 0 Å². The van der Waals surface area contributed by atoms with E-state index in [2.05, 4.69) is 10.1 Å². The SMILES string of the molecule is COc1ccc(NC(=O)c2ccc3c(c2)CCN3S(C)(=O)=O)cc1OC(F)F. The monoisotopic (exact) mass is 412 g/mol. The maximum Gasteiger partial charge on any atom is 0.387 e. The largest absolute Gasteiger partial charge is 0.493 e. The zero-order valence-corrected chi connectivity index (χ0v) is 15.9. The van der Waals surface area contributed by atoms with Crippen molar-refractivity contribution in [2.75, 3.05) is 29.5 Å². The molecule has 1 amide bonds. The number of ether oxygens (including phenoxy) is 2. The molecule has 0 aliphatic carbocycles. The molecule has 1 N–H and O–H groups in total. The van der Waals surface area contributed by atoms with Crippen molar-refractivity contribution in [3.63, 3.8) is 0 Å². The maximum absolute atomic E-state index is 12.5. The lowest BCUT2D eigenvalue weighted by molar-refractivity contribution is -0.0511. The Kier molecular flexibility index (Phi) is 5.41. The van der Waals surface area contributed by atoms with Gasteiger partial charge in [0.15, 0.2) is 11.5 Å². The van der Waals surface area contributed by atoms with Crippen molar-refractivity contribution in [2.45, 2.75) is 13.0 Å². The lowest BCUT2D eigenvalue weighted by atomic mass is 10.1. The summed E-state index contributed by atoms with van der Waals surface area (Å²) < 4.78 is 59.3. The van der Waals surface area contributed by atoms with Crippen LogP contribution in [0.2, 0.25) is 0 Å². The highest BCUT2D eigenvalue weighted by Crippen LogP contribution is 2.33. The molecule has 0 aromatic heterocycles. The smallest absolute Gasteiger partial charge is 0.387 e. The molecular formula is C18H18F2N2O5S. The Hall–Kier alpha value is -2.88. The van der Waals surface area contributed by atoms with Gasteiger partial charge in [-0.1, -0.05) is 0 Å². The third-order valence-corrected chi connectivity index (χ3v) is 5.41. The van der Waals surface area contributed by atoms with Crippen molar-refractivity contribution in [2.24, 2.45) is 0 Å². The molecule has 0 unspecified atom stereocenters. The fourth-order valence-electron chi connectivity index (χ4n) is 3.00. The van der Waals surface area contributed by atoms with Gasteiger partial charge in [0.1, 0.15) is 0 Å². The van der Waals surface area contributed by atoms with E-state index in [-0.39, 0.29) is 17.2 Å². The quantitative estimate of drug-likeness (QED) is 0.789. The molecule has 2 aromatic carbocycles. The fourth-order valence-corrected chi connectivity index (χ4v) is 3.96. The lowest BCUT2D eigenvalue weighted by Gasteiger charge is -2.16. The number of benzene rings is 2. The van der Waals surface area contributed by atoms with Gasteiger partial charge in [0.2, 0.25) is 10.0 Å². The highest BCUT2D eigenvalue weighted by Gasteiger charge is 2.26. The summed E-state index contributed by atoms with van der Waals surface area (Å²) in [6.45, 7) is -2.71. The summed E-state index contributed by atoms with van der Waals surface area (Å²) in [5.74, 6) is -0.557. The summed E-state index contributed by atoms with van der Waals surface area (Å²) in [5, 5.41) is 2.60. The number of carbonyl (C=O) groups is 1. The number of rotatable bonds is 6. The number of anilines is 2. The molecular weight excluding hydrogens is 394 g/mol. The standard InChI is InChI=1S/C18H18F2N2O5S/c1-26-15-6-4-13(10-16(15)27-18(19)20)21-17(23)12-3-5-14-11(9-12)7-8-22(14)28(2,24)25/h3-6,9-10,18H,7-8H2,1-2H3,(H,21,23). The number of nitrogens with zero attached hydrogens (tertiary/aromatic N) is 1. The highest BCUT2D eigenvalue weighted by molar-refractivity contribution is 7.92. The van der Waals surface area contributed by atoms with Crippen molar-refractivity contribution in [3.05, 3.63) is 47.5 Å². The molecule has 1 aliphatic heterocycles. The Balaban J connectivity index is 1.81. The second-order valence-corrected chi connectivity index (χ2v) is 8.03. The van der Waals surface area contributed by atoms with Crippen LogP contribution in [0.5, 0.6) is 11.5 Å². The third-order valence-electron chi connectivity index (χ3n) is 4.23. The summed E-state index contributed by atoms with van der Waals surface area (Å²) in [7, 11) is -2.06. The first-order valence-electron chi connectivity index (χ1n) is 8.24. The van der Waals surface area contributed by atoms with Gasteiger partial charge in [-0.05, 0) is 42.3 Å². The fraction of sp³-hybridized carbons (Fsp3) is 0.278. The number of fused-ring (bicyclic) bond motifs is 1. The van der Waals surface area contributed by atoms with Gasteiger partial charge in [0.25, 0.3) is 5.91 Å². The molecule has 0 bridgehead atoms. The number of methoxy groups -OCH3 is 1. The van der Waals surface area contributed by atoms with Crippen LogP contribution in [0.1, 0.15) is 15.9 Å². The van der Waals surface area contributed by atoms with Gasteiger partial charge in [-0.25, -0.2) is 8.42 Å². The Morgan fingerprint density at radius 3 is 2.57 bits per heavy atom. The summed E-state index contributed by atoms with van der Waals surface area (Å²) in [5.41, 5.74) is 1.87. The van der Waals surface area contributed by atoms with E-state index < -0.39 is 22.5 Å². The van der Waals surface area contributed by atoms with Crippen molar-refractivity contribution in [1.82, 2.24) is 0 Å². The number of hydrogen-bond acceptors (Lipinski definition) is 5. The summed E-state index contributed by atoms with van der Waals surface area (Å²) in [4.78, 5) is 12.5. The summed E-state index contributed by atoms with van der Waals surface area (Å²) >= 11 is 0. The van der Waals surface area contributed by atoms with Crippen LogP contribution in [0.4, 0.5) is 20.2 Å². The highest BCUT2D eigenvalue weighted by atomic mass is 32.2. The van der Waals surface area contributed by atoms with E-state index in [1.54, 1.807) is 12.1 Å². The van der Waals surface area contributed by atoms with E-state index >= 15 is 0 Å². The van der Waals surface area contributed by atoms with Gasteiger partial charge in [0, 0.05) is 23.9 Å². The molecule has 0 radical (unpaired) electrons. The summed E-state index contributed by atoms with van der Waals surface area (Å²) in [6, 6.07) is 8.85. The van der Waals surface area contributed by atoms with Crippen LogP contribution in [-0.2, 0) is 16.4 Å². The molecule has 0 atom stereocenters. The van der Waals surface area contributed by atoms with Crippen molar-refractivity contribution < 1.29 is 31.5 Å². The molecule has 10 heteroatoms. The second kappa shape index (κ2) is 7.63.